The molecule has 0 aliphatic carbocycles. The lowest BCUT2D eigenvalue weighted by atomic mass is 10.1. The fourth-order valence-electron chi connectivity index (χ4n) is 5.27. The van der Waals surface area contributed by atoms with Gasteiger partial charge in [-0.2, -0.15) is 5.26 Å². The molecular weight excluding hydrogens is 536 g/mol. The van der Waals surface area contributed by atoms with Crippen molar-refractivity contribution >= 4 is 34.9 Å². The minimum atomic E-state index is -0.424. The van der Waals surface area contributed by atoms with Crippen LogP contribution in [-0.4, -0.2) is 51.1 Å². The van der Waals surface area contributed by atoms with Crippen molar-refractivity contribution in [3.05, 3.63) is 87.6 Å². The summed E-state index contributed by atoms with van der Waals surface area (Å²) < 4.78 is 7.99. The summed E-state index contributed by atoms with van der Waals surface area (Å²) in [6, 6.07) is 19.2. The molecule has 41 heavy (non-hydrogen) atoms. The molecule has 0 radical (unpaired) electrons. The van der Waals surface area contributed by atoms with Crippen LogP contribution in [0.25, 0.3) is 11.8 Å². The van der Waals surface area contributed by atoms with Gasteiger partial charge in [0.15, 0.2) is 0 Å². The highest BCUT2D eigenvalue weighted by atomic mass is 32.2. The van der Waals surface area contributed by atoms with Crippen molar-refractivity contribution in [1.29, 1.82) is 5.26 Å². The first-order chi connectivity index (χ1) is 19.9. The molecule has 3 amide bonds. The predicted molar refractivity (Wildman–Crippen MR) is 158 cm³/mol. The van der Waals surface area contributed by atoms with Crippen LogP contribution in [-0.2, 0) is 16.2 Å². The van der Waals surface area contributed by atoms with E-state index in [0.29, 0.717) is 35.9 Å². The smallest absolute Gasteiger partial charge is 0.294 e. The first-order valence-electron chi connectivity index (χ1n) is 13.8. The number of imide groups is 1. The van der Waals surface area contributed by atoms with E-state index in [1.807, 2.05) is 62.4 Å². The maximum atomic E-state index is 13.1. The Morgan fingerprint density at radius 3 is 2.44 bits per heavy atom. The Morgan fingerprint density at radius 2 is 1.73 bits per heavy atom. The summed E-state index contributed by atoms with van der Waals surface area (Å²) in [6.45, 7) is 5.40. The van der Waals surface area contributed by atoms with E-state index in [2.05, 4.69) is 10.6 Å². The summed E-state index contributed by atoms with van der Waals surface area (Å²) in [7, 11) is 0. The first-order valence-corrected chi connectivity index (χ1v) is 14.6. The Labute approximate surface area is 244 Å². The lowest BCUT2D eigenvalue weighted by molar-refractivity contribution is -0.135. The maximum absolute atomic E-state index is 13.1. The minimum absolute atomic E-state index is 0.171. The van der Waals surface area contributed by atoms with E-state index in [0.717, 1.165) is 70.5 Å². The quantitative estimate of drug-likeness (QED) is 0.325. The summed E-state index contributed by atoms with van der Waals surface area (Å²) in [5.41, 5.74) is 5.09. The third-order valence-electron chi connectivity index (χ3n) is 7.51. The standard InChI is InChI=1S/C32H32N4O4S/c1-22-17-26(18-29-31(38)35(32(39)41-29)20-30(37)34-15-7-3-4-8-16-34)23(2)36(22)27-11-13-28(14-12-27)40-21-25-10-6-5-9-24(25)19-33/h5-6,9-14,17-18H,3-4,7-8,15-16,20-21H2,1-2H3. The van der Waals surface area contributed by atoms with E-state index in [1.54, 1.807) is 17.0 Å². The number of ether oxygens (including phenoxy) is 1. The largest absolute Gasteiger partial charge is 0.489 e. The van der Waals surface area contributed by atoms with Gasteiger partial charge < -0.3 is 14.2 Å². The Balaban J connectivity index is 1.28. The highest BCUT2D eigenvalue weighted by molar-refractivity contribution is 8.18. The number of carbonyl (C=O) groups excluding carboxylic acids is 3. The topological polar surface area (TPSA) is 95.6 Å². The third-order valence-corrected chi connectivity index (χ3v) is 8.42. The van der Waals surface area contributed by atoms with Crippen LogP contribution in [0.4, 0.5) is 4.79 Å². The highest BCUT2D eigenvalue weighted by Gasteiger charge is 2.37. The highest BCUT2D eigenvalue weighted by Crippen LogP contribution is 2.34. The molecule has 1 aromatic heterocycles. The molecule has 2 aromatic carbocycles. The summed E-state index contributed by atoms with van der Waals surface area (Å²) in [5.74, 6) is 0.0929. The zero-order valence-electron chi connectivity index (χ0n) is 23.3. The summed E-state index contributed by atoms with van der Waals surface area (Å²) in [6.07, 6.45) is 5.85. The number of hydrogen-bond acceptors (Lipinski definition) is 6. The molecule has 2 aliphatic rings. The van der Waals surface area contributed by atoms with Crippen molar-refractivity contribution in [3.63, 3.8) is 0 Å². The Bertz CT molecular complexity index is 1540. The third kappa shape index (κ3) is 6.23. The number of likely N-dealkylation sites (tertiary alicyclic amines) is 1. The van der Waals surface area contributed by atoms with Gasteiger partial charge in [-0.15, -0.1) is 0 Å². The van der Waals surface area contributed by atoms with Crippen LogP contribution >= 0.6 is 11.8 Å². The number of benzene rings is 2. The van der Waals surface area contributed by atoms with Gasteiger partial charge in [-0.3, -0.25) is 19.3 Å². The molecule has 0 saturated carbocycles. The minimum Gasteiger partial charge on any atom is -0.489 e. The molecule has 0 N–H and O–H groups in total. The zero-order valence-corrected chi connectivity index (χ0v) is 24.1. The van der Waals surface area contributed by atoms with Gasteiger partial charge in [0.05, 0.1) is 16.5 Å². The number of thioether (sulfide) groups is 1. The first kappa shape index (κ1) is 28.2. The molecule has 2 fully saturated rings. The number of amides is 3. The van der Waals surface area contributed by atoms with Gasteiger partial charge in [0, 0.05) is 35.7 Å². The van der Waals surface area contributed by atoms with Gasteiger partial charge in [0.2, 0.25) is 5.91 Å². The van der Waals surface area contributed by atoms with Gasteiger partial charge in [0.1, 0.15) is 18.9 Å². The van der Waals surface area contributed by atoms with Crippen LogP contribution in [0, 0.1) is 25.2 Å². The van der Waals surface area contributed by atoms with E-state index >= 15 is 0 Å². The van der Waals surface area contributed by atoms with Crippen molar-refractivity contribution in [2.24, 2.45) is 0 Å². The second-order valence-electron chi connectivity index (χ2n) is 10.3. The van der Waals surface area contributed by atoms with E-state index in [1.165, 1.54) is 0 Å². The number of aryl methyl sites for hydroxylation is 1. The Hall–Kier alpha value is -4.29. The molecule has 0 atom stereocenters. The number of rotatable bonds is 7. The molecule has 5 rings (SSSR count). The molecule has 0 unspecified atom stereocenters. The molecule has 3 aromatic rings. The van der Waals surface area contributed by atoms with Gasteiger partial charge in [0.25, 0.3) is 11.1 Å². The van der Waals surface area contributed by atoms with E-state index in [9.17, 15) is 19.6 Å². The Kier molecular flexibility index (Phi) is 8.60. The molecule has 2 saturated heterocycles. The second kappa shape index (κ2) is 12.5. The SMILES string of the molecule is Cc1cc(C=C2SC(=O)N(CC(=O)N3CCCCCC3)C2=O)c(C)n1-c1ccc(OCc2ccccc2C#N)cc1. The fourth-order valence-corrected chi connectivity index (χ4v) is 6.10. The summed E-state index contributed by atoms with van der Waals surface area (Å²) in [4.78, 5) is 41.8. The van der Waals surface area contributed by atoms with E-state index in [4.69, 9.17) is 4.74 Å². The number of nitriles is 1. The predicted octanol–water partition coefficient (Wildman–Crippen LogP) is 5.98. The van der Waals surface area contributed by atoms with Gasteiger partial charge in [-0.1, -0.05) is 31.0 Å². The van der Waals surface area contributed by atoms with Crippen LogP contribution in [0.5, 0.6) is 5.75 Å². The van der Waals surface area contributed by atoms with Crippen LogP contribution in [0.2, 0.25) is 0 Å². The number of hydrogen-bond donors (Lipinski definition) is 0. The zero-order chi connectivity index (χ0) is 28.9. The average Bonchev–Trinajstić information content (AvgIpc) is 3.25. The molecule has 210 valence electrons. The lowest BCUT2D eigenvalue weighted by Crippen LogP contribution is -2.42. The Morgan fingerprint density at radius 1 is 1.02 bits per heavy atom. The van der Waals surface area contributed by atoms with Crippen LogP contribution in [0.15, 0.2) is 59.5 Å². The fraction of sp³-hybridized carbons (Fsp3) is 0.312. The summed E-state index contributed by atoms with van der Waals surface area (Å²) in [5, 5.41) is 8.88. The second-order valence-corrected chi connectivity index (χ2v) is 11.3. The van der Waals surface area contributed by atoms with E-state index in [-0.39, 0.29) is 12.5 Å². The molecule has 0 bridgehead atoms. The number of aromatic nitrogens is 1. The molecule has 8 nitrogen and oxygen atoms in total. The molecule has 9 heteroatoms. The molecular formula is C32H32N4O4S. The van der Waals surface area contributed by atoms with Crippen molar-refractivity contribution in [3.8, 4) is 17.5 Å². The molecule has 0 spiro atoms. The lowest BCUT2D eigenvalue weighted by Gasteiger charge is -2.22. The van der Waals surface area contributed by atoms with Gasteiger partial charge in [-0.05, 0) is 86.5 Å². The number of carbonyl (C=O) groups is 3. The van der Waals surface area contributed by atoms with Crippen LogP contribution < -0.4 is 4.74 Å². The van der Waals surface area contributed by atoms with Crippen molar-refractivity contribution in [2.45, 2.75) is 46.1 Å². The van der Waals surface area contributed by atoms with Gasteiger partial charge >= 0.3 is 0 Å². The monoisotopic (exact) mass is 568 g/mol. The van der Waals surface area contributed by atoms with Crippen LogP contribution in [0.1, 0.15) is 53.8 Å². The van der Waals surface area contributed by atoms with Crippen molar-refractivity contribution < 1.29 is 19.1 Å². The normalized spacial score (nSPS) is 16.7. The molecule has 3 heterocycles. The van der Waals surface area contributed by atoms with Crippen molar-refractivity contribution in [1.82, 2.24) is 14.4 Å². The molecule has 2 aliphatic heterocycles. The maximum Gasteiger partial charge on any atom is 0.294 e. The van der Waals surface area contributed by atoms with E-state index < -0.39 is 11.1 Å². The number of nitrogens with zero attached hydrogens (tertiary/aromatic N) is 4. The van der Waals surface area contributed by atoms with Crippen LogP contribution in [0.3, 0.4) is 0 Å². The van der Waals surface area contributed by atoms with Crippen molar-refractivity contribution in [2.75, 3.05) is 19.6 Å². The average molecular weight is 569 g/mol. The van der Waals surface area contributed by atoms with Gasteiger partial charge in [-0.25, -0.2) is 0 Å². The summed E-state index contributed by atoms with van der Waals surface area (Å²) >= 11 is 0.879.